The van der Waals surface area contributed by atoms with Crippen LogP contribution >= 0.6 is 0 Å². The van der Waals surface area contributed by atoms with Gasteiger partial charge in [0, 0.05) is 31.7 Å². The van der Waals surface area contributed by atoms with Crippen LogP contribution in [-0.2, 0) is 4.79 Å². The van der Waals surface area contributed by atoms with E-state index in [9.17, 15) is 9.90 Å². The van der Waals surface area contributed by atoms with Gasteiger partial charge in [0.2, 0.25) is 5.91 Å². The Labute approximate surface area is 125 Å². The normalized spacial score (nSPS) is 18.0. The third-order valence-corrected chi connectivity index (χ3v) is 3.89. The zero-order valence-electron chi connectivity index (χ0n) is 12.3. The minimum Gasteiger partial charge on any atom is -0.390 e. The maximum Gasteiger partial charge on any atom is 0.225 e. The first kappa shape index (κ1) is 15.5. The average molecular weight is 287 g/mol. The van der Waals surface area contributed by atoms with Crippen molar-refractivity contribution in [2.45, 2.75) is 31.8 Å². The Bertz CT molecular complexity index is 521. The van der Waals surface area contributed by atoms with Gasteiger partial charge in [-0.2, -0.15) is 5.26 Å². The molecule has 5 nitrogen and oxygen atoms in total. The Hall–Kier alpha value is -1.90. The van der Waals surface area contributed by atoms with E-state index in [1.807, 2.05) is 13.0 Å². The molecule has 1 aromatic carbocycles. The highest BCUT2D eigenvalue weighted by Crippen LogP contribution is 2.21. The van der Waals surface area contributed by atoms with Crippen LogP contribution in [0.4, 0.5) is 5.69 Å². The van der Waals surface area contributed by atoms with Gasteiger partial charge in [-0.05, 0) is 44.0 Å². The van der Waals surface area contributed by atoms with Gasteiger partial charge in [0.05, 0.1) is 17.2 Å². The van der Waals surface area contributed by atoms with E-state index in [-0.39, 0.29) is 5.91 Å². The Morgan fingerprint density at radius 1 is 1.38 bits per heavy atom. The molecule has 5 heteroatoms. The molecule has 1 saturated heterocycles. The van der Waals surface area contributed by atoms with Crippen molar-refractivity contribution in [3.8, 4) is 6.07 Å². The van der Waals surface area contributed by atoms with Crippen LogP contribution in [0, 0.1) is 11.3 Å². The summed E-state index contributed by atoms with van der Waals surface area (Å²) >= 11 is 0. The fraction of sp³-hybridized carbons (Fsp3) is 0.500. The number of hydrogen-bond donors (Lipinski definition) is 2. The smallest absolute Gasteiger partial charge is 0.225 e. The summed E-state index contributed by atoms with van der Waals surface area (Å²) in [6.07, 6.45) is 1.94. The van der Waals surface area contributed by atoms with Gasteiger partial charge in [-0.25, -0.2) is 0 Å². The number of amides is 1. The fourth-order valence-corrected chi connectivity index (χ4v) is 2.37. The van der Waals surface area contributed by atoms with E-state index in [1.54, 1.807) is 24.3 Å². The molecule has 0 saturated carbocycles. The van der Waals surface area contributed by atoms with Crippen LogP contribution < -0.4 is 5.32 Å². The molecule has 0 unspecified atom stereocenters. The summed E-state index contributed by atoms with van der Waals surface area (Å²) in [6.45, 7) is 4.23. The van der Waals surface area contributed by atoms with Crippen LogP contribution in [0.5, 0.6) is 0 Å². The van der Waals surface area contributed by atoms with E-state index in [4.69, 9.17) is 5.26 Å². The van der Waals surface area contributed by atoms with Crippen LogP contribution in [0.15, 0.2) is 24.3 Å². The molecular weight excluding hydrogens is 266 g/mol. The number of nitriles is 1. The number of anilines is 1. The number of rotatable bonds is 4. The molecule has 0 aromatic heterocycles. The van der Waals surface area contributed by atoms with Crippen molar-refractivity contribution < 1.29 is 9.90 Å². The van der Waals surface area contributed by atoms with Gasteiger partial charge in [-0.15, -0.1) is 0 Å². The monoisotopic (exact) mass is 287 g/mol. The summed E-state index contributed by atoms with van der Waals surface area (Å²) in [7, 11) is 0. The second kappa shape index (κ2) is 6.70. The van der Waals surface area contributed by atoms with Gasteiger partial charge in [0.25, 0.3) is 0 Å². The zero-order valence-corrected chi connectivity index (χ0v) is 12.3. The molecule has 21 heavy (non-hydrogen) atoms. The maximum atomic E-state index is 11.9. The van der Waals surface area contributed by atoms with Crippen LogP contribution in [0.1, 0.15) is 31.7 Å². The van der Waals surface area contributed by atoms with E-state index in [2.05, 4.69) is 10.2 Å². The van der Waals surface area contributed by atoms with Crippen molar-refractivity contribution in [2.75, 3.05) is 25.0 Å². The molecule has 2 rings (SSSR count). The highest BCUT2D eigenvalue weighted by molar-refractivity contribution is 5.90. The van der Waals surface area contributed by atoms with E-state index in [0.29, 0.717) is 24.2 Å². The number of nitrogens with zero attached hydrogens (tertiary/aromatic N) is 2. The number of aliphatic hydroxyl groups is 1. The van der Waals surface area contributed by atoms with Gasteiger partial charge in [-0.1, -0.05) is 0 Å². The van der Waals surface area contributed by atoms with Crippen molar-refractivity contribution in [1.29, 1.82) is 5.26 Å². The summed E-state index contributed by atoms with van der Waals surface area (Å²) in [5, 5.41) is 21.4. The molecular formula is C16H21N3O2. The molecule has 1 heterocycles. The maximum absolute atomic E-state index is 11.9. The van der Waals surface area contributed by atoms with Crippen molar-refractivity contribution in [2.24, 2.45) is 0 Å². The molecule has 1 fully saturated rings. The Balaban J connectivity index is 1.74. The third-order valence-electron chi connectivity index (χ3n) is 3.89. The molecule has 0 radical (unpaired) electrons. The molecule has 2 N–H and O–H groups in total. The number of likely N-dealkylation sites (tertiary alicyclic amines) is 1. The highest BCUT2D eigenvalue weighted by atomic mass is 16.3. The van der Waals surface area contributed by atoms with Crippen molar-refractivity contribution in [3.63, 3.8) is 0 Å². The van der Waals surface area contributed by atoms with Gasteiger partial charge in [-0.3, -0.25) is 4.79 Å². The van der Waals surface area contributed by atoms with E-state index in [0.717, 1.165) is 25.9 Å². The first-order valence-electron chi connectivity index (χ1n) is 7.23. The Morgan fingerprint density at radius 3 is 2.57 bits per heavy atom. The molecule has 0 aliphatic carbocycles. The number of piperidine rings is 1. The second-order valence-corrected chi connectivity index (χ2v) is 5.83. The van der Waals surface area contributed by atoms with Crippen LogP contribution in [0.25, 0.3) is 0 Å². The lowest BCUT2D eigenvalue weighted by Crippen LogP contribution is -2.43. The van der Waals surface area contributed by atoms with Crippen LogP contribution in [-0.4, -0.2) is 41.1 Å². The van der Waals surface area contributed by atoms with Gasteiger partial charge < -0.3 is 15.3 Å². The molecule has 1 aliphatic heterocycles. The third kappa shape index (κ3) is 4.85. The molecule has 1 amide bonds. The van der Waals surface area contributed by atoms with E-state index >= 15 is 0 Å². The predicted molar refractivity (Wildman–Crippen MR) is 80.7 cm³/mol. The van der Waals surface area contributed by atoms with Gasteiger partial charge in [0.15, 0.2) is 0 Å². The standard InChI is InChI=1S/C16H21N3O2/c1-16(21)7-10-19(11-8-16)9-6-15(20)18-14-4-2-13(12-17)3-5-14/h2-5,21H,6-11H2,1H3,(H,18,20). The lowest BCUT2D eigenvalue weighted by atomic mass is 9.94. The van der Waals surface area contributed by atoms with Crippen LogP contribution in [0.2, 0.25) is 0 Å². The van der Waals surface area contributed by atoms with Gasteiger partial charge in [0.1, 0.15) is 0 Å². The van der Waals surface area contributed by atoms with Crippen molar-refractivity contribution >= 4 is 11.6 Å². The molecule has 0 atom stereocenters. The summed E-state index contributed by atoms with van der Waals surface area (Å²) in [5.41, 5.74) is 0.732. The summed E-state index contributed by atoms with van der Waals surface area (Å²) in [5.74, 6) is -0.0305. The van der Waals surface area contributed by atoms with Gasteiger partial charge >= 0.3 is 0 Å². The molecule has 1 aromatic rings. The average Bonchev–Trinajstić information content (AvgIpc) is 2.47. The first-order chi connectivity index (χ1) is 9.98. The van der Waals surface area contributed by atoms with Crippen molar-refractivity contribution in [3.05, 3.63) is 29.8 Å². The SMILES string of the molecule is CC1(O)CCN(CCC(=O)Nc2ccc(C#N)cc2)CC1. The largest absolute Gasteiger partial charge is 0.390 e. The second-order valence-electron chi connectivity index (χ2n) is 5.83. The Morgan fingerprint density at radius 2 is 2.00 bits per heavy atom. The number of benzene rings is 1. The van der Waals surface area contributed by atoms with E-state index < -0.39 is 5.60 Å². The minimum atomic E-state index is -0.554. The number of hydrogen-bond acceptors (Lipinski definition) is 4. The minimum absolute atomic E-state index is 0.0305. The van der Waals surface area contributed by atoms with E-state index in [1.165, 1.54) is 0 Å². The quantitative estimate of drug-likeness (QED) is 0.884. The Kier molecular flexibility index (Phi) is 4.94. The molecule has 0 spiro atoms. The highest BCUT2D eigenvalue weighted by Gasteiger charge is 2.27. The summed E-state index contributed by atoms with van der Waals surface area (Å²) in [6, 6.07) is 8.87. The summed E-state index contributed by atoms with van der Waals surface area (Å²) < 4.78 is 0. The first-order valence-corrected chi connectivity index (χ1v) is 7.23. The summed E-state index contributed by atoms with van der Waals surface area (Å²) in [4.78, 5) is 14.1. The van der Waals surface area contributed by atoms with Crippen molar-refractivity contribution in [1.82, 2.24) is 4.90 Å². The molecule has 112 valence electrons. The van der Waals surface area contributed by atoms with Crippen LogP contribution in [0.3, 0.4) is 0 Å². The lowest BCUT2D eigenvalue weighted by Gasteiger charge is -2.35. The number of nitrogens with one attached hydrogen (secondary N) is 1. The molecule has 1 aliphatic rings. The fourth-order valence-electron chi connectivity index (χ4n) is 2.37. The topological polar surface area (TPSA) is 76.4 Å². The zero-order chi connectivity index (χ0) is 15.3. The predicted octanol–water partition coefficient (Wildman–Crippen LogP) is 1.73. The lowest BCUT2D eigenvalue weighted by molar-refractivity contribution is -0.116. The molecule has 0 bridgehead atoms. The number of carbonyl (C=O) groups is 1. The number of carbonyl (C=O) groups excluding carboxylic acids is 1.